The van der Waals surface area contributed by atoms with Crippen LogP contribution in [-0.2, 0) is 19.7 Å². The van der Waals surface area contributed by atoms with Crippen molar-refractivity contribution in [3.8, 4) is 0 Å². The number of carbonyl (C=O) groups excluding carboxylic acids is 2. The minimum Gasteiger partial charge on any atom is -0.744 e. The Hall–Kier alpha value is -0.930. The van der Waals surface area contributed by atoms with E-state index >= 15 is 0 Å². The van der Waals surface area contributed by atoms with Crippen molar-refractivity contribution >= 4 is 33.3 Å². The van der Waals surface area contributed by atoms with Crippen molar-refractivity contribution in [3.05, 3.63) is 18.2 Å². The molecule has 0 saturated carbocycles. The molecule has 9 heteroatoms. The number of rotatable bonds is 35. The summed E-state index contributed by atoms with van der Waals surface area (Å²) in [6, 6.07) is 3.94. The number of hydrogen-bond acceptors (Lipinski definition) is 5. The second kappa shape index (κ2) is 34.8. The molecule has 0 atom stereocenters. The van der Waals surface area contributed by atoms with Gasteiger partial charge in [0.2, 0.25) is 11.8 Å². The standard InChI is InChI=1S/C42H76N2O5S.Na/c1-3-5-7-9-11-13-15-17-19-21-23-25-27-29-31-33-41(45)43-38-35-36-40(50(47,48)49)39(37-38)44-42(46)34-32-30-28-26-24-22-20-18-16-14-12-10-8-6-4-2;/h35-37H,3-34H2,1-2H3,(H,43,45)(H,44,46)(H,47,48,49);/q;+1/p-1. The van der Waals surface area contributed by atoms with E-state index in [1.807, 2.05) is 0 Å². The topological polar surface area (TPSA) is 115 Å². The molecular weight excluding hydrogens is 668 g/mol. The molecule has 0 spiro atoms. The maximum atomic E-state index is 12.6. The van der Waals surface area contributed by atoms with Crippen molar-refractivity contribution in [2.45, 2.75) is 224 Å². The van der Waals surface area contributed by atoms with Gasteiger partial charge in [0.15, 0.2) is 0 Å². The molecule has 51 heavy (non-hydrogen) atoms. The van der Waals surface area contributed by atoms with E-state index in [1.54, 1.807) is 0 Å². The molecule has 0 unspecified atom stereocenters. The molecule has 0 fully saturated rings. The molecule has 1 aromatic carbocycles. The Morgan fingerprint density at radius 2 is 0.784 bits per heavy atom. The maximum absolute atomic E-state index is 12.6. The third-order valence-electron chi connectivity index (χ3n) is 9.82. The molecule has 7 nitrogen and oxygen atoms in total. The van der Waals surface area contributed by atoms with E-state index in [-0.39, 0.29) is 53.5 Å². The predicted molar refractivity (Wildman–Crippen MR) is 211 cm³/mol. The Morgan fingerprint density at radius 3 is 1.10 bits per heavy atom. The van der Waals surface area contributed by atoms with Crippen LogP contribution in [0.4, 0.5) is 11.4 Å². The maximum Gasteiger partial charge on any atom is 1.00 e. The van der Waals surface area contributed by atoms with Crippen molar-refractivity contribution in [2.75, 3.05) is 10.6 Å². The molecule has 0 radical (unpaired) electrons. The molecule has 2 amide bonds. The van der Waals surface area contributed by atoms with E-state index in [1.165, 1.54) is 166 Å². The molecule has 1 aromatic rings. The smallest absolute Gasteiger partial charge is 0.744 e. The summed E-state index contributed by atoms with van der Waals surface area (Å²) in [4.78, 5) is 24.7. The fourth-order valence-electron chi connectivity index (χ4n) is 6.67. The summed E-state index contributed by atoms with van der Waals surface area (Å²) in [6.07, 6.45) is 38.1. The van der Waals surface area contributed by atoms with Crippen LogP contribution in [0.25, 0.3) is 0 Å². The van der Waals surface area contributed by atoms with Gasteiger partial charge in [-0.15, -0.1) is 0 Å². The summed E-state index contributed by atoms with van der Waals surface area (Å²) < 4.78 is 35.6. The first-order chi connectivity index (χ1) is 24.3. The molecular formula is C42H75N2NaO5S. The van der Waals surface area contributed by atoms with Gasteiger partial charge in [0.05, 0.1) is 10.6 Å². The number of benzene rings is 1. The van der Waals surface area contributed by atoms with Crippen LogP contribution in [0, 0.1) is 0 Å². The van der Waals surface area contributed by atoms with E-state index in [0.29, 0.717) is 18.5 Å². The second-order valence-corrected chi connectivity index (χ2v) is 16.0. The summed E-state index contributed by atoms with van der Waals surface area (Å²) in [5.74, 6) is -0.488. The van der Waals surface area contributed by atoms with E-state index in [2.05, 4.69) is 24.5 Å². The van der Waals surface area contributed by atoms with E-state index < -0.39 is 15.0 Å². The van der Waals surface area contributed by atoms with Gasteiger partial charge in [0.1, 0.15) is 10.1 Å². The molecule has 2 N–H and O–H groups in total. The van der Waals surface area contributed by atoms with Gasteiger partial charge in [-0.2, -0.15) is 0 Å². The van der Waals surface area contributed by atoms with Crippen LogP contribution in [-0.4, -0.2) is 24.8 Å². The first kappa shape index (κ1) is 50.1. The average molecular weight is 743 g/mol. The predicted octanol–water partition coefficient (Wildman–Crippen LogP) is 9.99. The second-order valence-electron chi connectivity index (χ2n) is 14.7. The van der Waals surface area contributed by atoms with Crippen LogP contribution in [0.5, 0.6) is 0 Å². The van der Waals surface area contributed by atoms with Crippen LogP contribution >= 0.6 is 0 Å². The minimum atomic E-state index is -4.79. The van der Waals surface area contributed by atoms with Crippen molar-refractivity contribution in [2.24, 2.45) is 0 Å². The monoisotopic (exact) mass is 743 g/mol. The number of carbonyl (C=O) groups is 2. The van der Waals surface area contributed by atoms with E-state index in [0.717, 1.165) is 38.2 Å². The van der Waals surface area contributed by atoms with E-state index in [9.17, 15) is 22.6 Å². The van der Waals surface area contributed by atoms with Gasteiger partial charge in [-0.1, -0.05) is 194 Å². The van der Waals surface area contributed by atoms with Gasteiger partial charge in [-0.3, -0.25) is 9.59 Å². The summed E-state index contributed by atoms with van der Waals surface area (Å²) in [6.45, 7) is 4.51. The number of hydrogen-bond donors (Lipinski definition) is 2. The van der Waals surface area contributed by atoms with Crippen LogP contribution in [0.3, 0.4) is 0 Å². The number of anilines is 2. The molecule has 0 heterocycles. The third kappa shape index (κ3) is 30.1. The van der Waals surface area contributed by atoms with Crippen molar-refractivity contribution < 1.29 is 52.1 Å². The van der Waals surface area contributed by atoms with Gasteiger partial charge >= 0.3 is 29.6 Å². The molecule has 0 bridgehead atoms. The summed E-state index contributed by atoms with van der Waals surface area (Å²) in [5, 5.41) is 5.41. The minimum absolute atomic E-state index is 0. The zero-order valence-corrected chi connectivity index (χ0v) is 36.1. The van der Waals surface area contributed by atoms with Crippen molar-refractivity contribution in [1.82, 2.24) is 0 Å². The molecule has 0 aliphatic heterocycles. The first-order valence-electron chi connectivity index (χ1n) is 21.0. The average Bonchev–Trinajstić information content (AvgIpc) is 3.07. The largest absolute Gasteiger partial charge is 1.00 e. The zero-order valence-electron chi connectivity index (χ0n) is 33.3. The number of nitrogens with one attached hydrogen (secondary N) is 2. The Bertz CT molecular complexity index is 1100. The quantitative estimate of drug-likeness (QED) is 0.0408. The molecule has 0 aliphatic rings. The van der Waals surface area contributed by atoms with Crippen molar-refractivity contribution in [1.29, 1.82) is 0 Å². The van der Waals surface area contributed by atoms with Crippen molar-refractivity contribution in [3.63, 3.8) is 0 Å². The Kier molecular flexibility index (Phi) is 34.2. The van der Waals surface area contributed by atoms with Crippen LogP contribution in [0.1, 0.15) is 219 Å². The zero-order chi connectivity index (χ0) is 36.5. The van der Waals surface area contributed by atoms with Crippen LogP contribution in [0.15, 0.2) is 23.1 Å². The van der Waals surface area contributed by atoms with Gasteiger partial charge in [-0.05, 0) is 31.0 Å². The van der Waals surface area contributed by atoms with Crippen LogP contribution in [0.2, 0.25) is 0 Å². The molecule has 290 valence electrons. The third-order valence-corrected chi connectivity index (χ3v) is 10.7. The van der Waals surface area contributed by atoms with Gasteiger partial charge < -0.3 is 15.2 Å². The molecule has 0 saturated heterocycles. The first-order valence-corrected chi connectivity index (χ1v) is 22.4. The van der Waals surface area contributed by atoms with Crippen LogP contribution < -0.4 is 40.2 Å². The van der Waals surface area contributed by atoms with Gasteiger partial charge in [0, 0.05) is 18.5 Å². The SMILES string of the molecule is CCCCCCCCCCCCCCCCCC(=O)Nc1ccc(S(=O)(=O)[O-])c(NC(=O)CCCCCCCCCCCCCCCCC)c1.[Na+]. The Balaban J connectivity index is 0.0000250. The summed E-state index contributed by atoms with van der Waals surface area (Å²) in [5.41, 5.74) is 0.293. The summed E-state index contributed by atoms with van der Waals surface area (Å²) in [7, 11) is -4.79. The molecule has 1 rings (SSSR count). The normalized spacial score (nSPS) is 11.4. The Labute approximate surface area is 336 Å². The number of unbranched alkanes of at least 4 members (excludes halogenated alkanes) is 28. The fraction of sp³-hybridized carbons (Fsp3) is 0.810. The van der Waals surface area contributed by atoms with E-state index in [4.69, 9.17) is 0 Å². The molecule has 0 aromatic heterocycles. The van der Waals surface area contributed by atoms with Gasteiger partial charge in [-0.25, -0.2) is 8.42 Å². The fourth-order valence-corrected chi connectivity index (χ4v) is 7.29. The molecule has 0 aliphatic carbocycles. The summed E-state index contributed by atoms with van der Waals surface area (Å²) >= 11 is 0. The Morgan fingerprint density at radius 1 is 0.490 bits per heavy atom. The number of amides is 2. The van der Waals surface area contributed by atoms with Gasteiger partial charge in [0.25, 0.3) is 0 Å².